The van der Waals surface area contributed by atoms with Gasteiger partial charge in [0.25, 0.3) is 0 Å². The van der Waals surface area contributed by atoms with Crippen LogP contribution >= 0.6 is 0 Å². The molecule has 0 fully saturated rings. The van der Waals surface area contributed by atoms with Gasteiger partial charge in [-0.3, -0.25) is 0 Å². The van der Waals surface area contributed by atoms with Crippen molar-refractivity contribution < 1.29 is 10.0 Å². The van der Waals surface area contributed by atoms with Gasteiger partial charge in [-0.05, 0) is 28.9 Å². The van der Waals surface area contributed by atoms with Gasteiger partial charge in [0.15, 0.2) is 0 Å². The molecule has 2 rings (SSSR count). The lowest BCUT2D eigenvalue weighted by Gasteiger charge is -2.33. The zero-order valence-electron chi connectivity index (χ0n) is 9.12. The monoisotopic (exact) mass is 205 g/mol. The standard InChI is InChI=1S/C11H16BNO2/c1-11(2)5-6-13-10-7-8(12(14)15)3-4-9(10)11/h3-4,7,13-15H,5-6H2,1-2H3. The van der Waals surface area contributed by atoms with Crippen LogP contribution in [0.5, 0.6) is 0 Å². The lowest BCUT2D eigenvalue weighted by atomic mass is 9.74. The molecule has 0 saturated carbocycles. The number of benzene rings is 1. The molecule has 0 saturated heterocycles. The average molecular weight is 205 g/mol. The van der Waals surface area contributed by atoms with E-state index in [9.17, 15) is 0 Å². The first-order valence-corrected chi connectivity index (χ1v) is 5.25. The van der Waals surface area contributed by atoms with Gasteiger partial charge in [0.05, 0.1) is 0 Å². The van der Waals surface area contributed by atoms with E-state index < -0.39 is 7.12 Å². The Hall–Kier alpha value is -0.995. The van der Waals surface area contributed by atoms with Gasteiger partial charge in [0.1, 0.15) is 0 Å². The van der Waals surface area contributed by atoms with Crippen molar-refractivity contribution in [2.24, 2.45) is 0 Å². The van der Waals surface area contributed by atoms with Crippen LogP contribution in [0.4, 0.5) is 5.69 Å². The average Bonchev–Trinajstić information content (AvgIpc) is 2.16. The number of nitrogens with one attached hydrogen (secondary N) is 1. The van der Waals surface area contributed by atoms with Crippen LogP contribution in [-0.4, -0.2) is 23.7 Å². The minimum atomic E-state index is -1.39. The number of hydrogen-bond donors (Lipinski definition) is 3. The Morgan fingerprint density at radius 3 is 2.73 bits per heavy atom. The Morgan fingerprint density at radius 2 is 2.07 bits per heavy atom. The highest BCUT2D eigenvalue weighted by Crippen LogP contribution is 2.35. The fraction of sp³-hybridized carbons (Fsp3) is 0.455. The van der Waals surface area contributed by atoms with E-state index >= 15 is 0 Å². The molecule has 1 aromatic carbocycles. The molecule has 1 aromatic rings. The highest BCUT2D eigenvalue weighted by atomic mass is 16.4. The molecule has 0 radical (unpaired) electrons. The van der Waals surface area contributed by atoms with E-state index in [0.717, 1.165) is 18.7 Å². The molecule has 4 heteroatoms. The first-order valence-electron chi connectivity index (χ1n) is 5.25. The lowest BCUT2D eigenvalue weighted by molar-refractivity contribution is 0.425. The second kappa shape index (κ2) is 3.54. The maximum atomic E-state index is 9.08. The molecule has 15 heavy (non-hydrogen) atoms. The van der Waals surface area contributed by atoms with Crippen LogP contribution in [0.25, 0.3) is 0 Å². The number of anilines is 1. The van der Waals surface area contributed by atoms with E-state index in [2.05, 4.69) is 19.2 Å². The van der Waals surface area contributed by atoms with Crippen molar-refractivity contribution in [1.29, 1.82) is 0 Å². The zero-order chi connectivity index (χ0) is 11.1. The summed E-state index contributed by atoms with van der Waals surface area (Å²) in [5.74, 6) is 0. The minimum absolute atomic E-state index is 0.166. The summed E-state index contributed by atoms with van der Waals surface area (Å²) in [5.41, 5.74) is 2.98. The summed E-state index contributed by atoms with van der Waals surface area (Å²) in [6, 6.07) is 5.58. The van der Waals surface area contributed by atoms with Gasteiger partial charge in [0, 0.05) is 12.2 Å². The van der Waals surface area contributed by atoms with Gasteiger partial charge in [-0.15, -0.1) is 0 Å². The van der Waals surface area contributed by atoms with Crippen LogP contribution in [0, 0.1) is 0 Å². The summed E-state index contributed by atoms with van der Waals surface area (Å²) in [6.07, 6.45) is 1.10. The quantitative estimate of drug-likeness (QED) is 0.584. The normalized spacial score (nSPS) is 17.9. The van der Waals surface area contributed by atoms with E-state index in [4.69, 9.17) is 10.0 Å². The van der Waals surface area contributed by atoms with Crippen molar-refractivity contribution in [2.75, 3.05) is 11.9 Å². The van der Waals surface area contributed by atoms with E-state index in [1.807, 2.05) is 12.1 Å². The zero-order valence-corrected chi connectivity index (χ0v) is 9.12. The summed E-state index contributed by atoms with van der Waals surface area (Å²) >= 11 is 0. The summed E-state index contributed by atoms with van der Waals surface area (Å²) in [6.45, 7) is 5.36. The molecule has 1 aliphatic heterocycles. The molecular formula is C11H16BNO2. The van der Waals surface area contributed by atoms with Crippen molar-refractivity contribution in [3.8, 4) is 0 Å². The van der Waals surface area contributed by atoms with E-state index in [1.165, 1.54) is 5.56 Å². The molecule has 0 amide bonds. The molecule has 3 nitrogen and oxygen atoms in total. The maximum Gasteiger partial charge on any atom is 0.488 e. The predicted octanol–water partition coefficient (Wildman–Crippen LogP) is 0.460. The van der Waals surface area contributed by atoms with Gasteiger partial charge in [-0.2, -0.15) is 0 Å². The van der Waals surface area contributed by atoms with Crippen LogP contribution in [0.1, 0.15) is 25.8 Å². The minimum Gasteiger partial charge on any atom is -0.423 e. The smallest absolute Gasteiger partial charge is 0.423 e. The summed E-state index contributed by atoms with van der Waals surface area (Å²) in [7, 11) is -1.39. The molecule has 0 aromatic heterocycles. The highest BCUT2D eigenvalue weighted by molar-refractivity contribution is 6.58. The summed E-state index contributed by atoms with van der Waals surface area (Å²) < 4.78 is 0. The third-order valence-electron chi connectivity index (χ3n) is 3.14. The Kier molecular flexibility index (Phi) is 2.48. The van der Waals surface area contributed by atoms with Gasteiger partial charge < -0.3 is 15.4 Å². The number of hydrogen-bond acceptors (Lipinski definition) is 3. The first-order chi connectivity index (χ1) is 7.00. The van der Waals surface area contributed by atoms with E-state index in [0.29, 0.717) is 5.46 Å². The van der Waals surface area contributed by atoms with Crippen LogP contribution < -0.4 is 10.8 Å². The molecule has 0 aliphatic carbocycles. The van der Waals surface area contributed by atoms with Gasteiger partial charge in [-0.1, -0.05) is 26.0 Å². The number of fused-ring (bicyclic) bond motifs is 1. The molecule has 3 N–H and O–H groups in total. The van der Waals surface area contributed by atoms with Gasteiger partial charge in [0.2, 0.25) is 0 Å². The third kappa shape index (κ3) is 1.87. The van der Waals surface area contributed by atoms with E-state index in [-0.39, 0.29) is 5.41 Å². The Labute approximate surface area is 90.3 Å². The van der Waals surface area contributed by atoms with Crippen molar-refractivity contribution in [2.45, 2.75) is 25.7 Å². The molecule has 0 spiro atoms. The Morgan fingerprint density at radius 1 is 1.33 bits per heavy atom. The molecule has 0 atom stereocenters. The SMILES string of the molecule is CC1(C)CCNc2cc(B(O)O)ccc21. The van der Waals surface area contributed by atoms with E-state index in [1.54, 1.807) is 6.07 Å². The summed E-state index contributed by atoms with van der Waals surface area (Å²) in [4.78, 5) is 0. The van der Waals surface area contributed by atoms with Crippen molar-refractivity contribution in [3.63, 3.8) is 0 Å². The fourth-order valence-electron chi connectivity index (χ4n) is 2.10. The van der Waals surface area contributed by atoms with Crippen LogP contribution in [0.2, 0.25) is 0 Å². The molecular weight excluding hydrogens is 189 g/mol. The fourth-order valence-corrected chi connectivity index (χ4v) is 2.10. The van der Waals surface area contributed by atoms with Crippen molar-refractivity contribution >= 4 is 18.3 Å². The van der Waals surface area contributed by atoms with Crippen molar-refractivity contribution in [1.82, 2.24) is 0 Å². The highest BCUT2D eigenvalue weighted by Gasteiger charge is 2.27. The molecule has 1 aliphatic rings. The molecule has 1 heterocycles. The lowest BCUT2D eigenvalue weighted by Crippen LogP contribution is -2.33. The second-order valence-electron chi connectivity index (χ2n) is 4.74. The maximum absolute atomic E-state index is 9.08. The number of rotatable bonds is 1. The van der Waals surface area contributed by atoms with Crippen LogP contribution in [-0.2, 0) is 5.41 Å². The topological polar surface area (TPSA) is 52.5 Å². The predicted molar refractivity (Wildman–Crippen MR) is 62.4 cm³/mol. The molecule has 0 unspecified atom stereocenters. The van der Waals surface area contributed by atoms with Crippen LogP contribution in [0.15, 0.2) is 18.2 Å². The van der Waals surface area contributed by atoms with Crippen molar-refractivity contribution in [3.05, 3.63) is 23.8 Å². The molecule has 0 bridgehead atoms. The summed E-state index contributed by atoms with van der Waals surface area (Å²) in [5, 5.41) is 21.5. The third-order valence-corrected chi connectivity index (χ3v) is 3.14. The first kappa shape index (κ1) is 10.5. The largest absolute Gasteiger partial charge is 0.488 e. The van der Waals surface area contributed by atoms with Crippen LogP contribution in [0.3, 0.4) is 0 Å². The van der Waals surface area contributed by atoms with Gasteiger partial charge in [-0.25, -0.2) is 0 Å². The Balaban J connectivity index is 2.45. The Bertz CT molecular complexity index is 377. The molecule has 80 valence electrons. The van der Waals surface area contributed by atoms with Gasteiger partial charge >= 0.3 is 7.12 Å². The second-order valence-corrected chi connectivity index (χ2v) is 4.74.